The maximum Gasteiger partial charge on any atom is 0.255 e. The summed E-state index contributed by atoms with van der Waals surface area (Å²) in [5.41, 5.74) is 13.5. The Morgan fingerprint density at radius 1 is 0.886 bits per heavy atom. The molecule has 228 valence electrons. The Morgan fingerprint density at radius 2 is 1.66 bits per heavy atom. The van der Waals surface area contributed by atoms with Gasteiger partial charge >= 0.3 is 0 Å². The molecule has 1 aliphatic rings. The monoisotopic (exact) mass is 611 g/mol. The summed E-state index contributed by atoms with van der Waals surface area (Å²) in [6, 6.07) is 27.9. The van der Waals surface area contributed by atoms with Crippen LogP contribution < -0.4 is 11.5 Å². The zero-order valence-electron chi connectivity index (χ0n) is 24.9. The van der Waals surface area contributed by atoms with Crippen molar-refractivity contribution in [3.05, 3.63) is 114 Å². The van der Waals surface area contributed by atoms with Gasteiger partial charge in [-0.25, -0.2) is 4.39 Å². The summed E-state index contributed by atoms with van der Waals surface area (Å²) in [7, 11) is 0. The van der Waals surface area contributed by atoms with Gasteiger partial charge in [0.2, 0.25) is 5.91 Å². The van der Waals surface area contributed by atoms with Crippen LogP contribution in [0.2, 0.25) is 0 Å². The molecule has 4 aromatic rings. The molecule has 0 aromatic heterocycles. The Morgan fingerprint density at radius 3 is 2.45 bits per heavy atom. The van der Waals surface area contributed by atoms with Gasteiger partial charge in [0.25, 0.3) is 5.91 Å². The number of hydrogen-bond donors (Lipinski definition) is 2. The minimum atomic E-state index is -0.280. The number of hydrogen-bond acceptors (Lipinski definition) is 4. The summed E-state index contributed by atoms with van der Waals surface area (Å²) in [6.07, 6.45) is 1.61. The lowest BCUT2D eigenvalue weighted by Gasteiger charge is -2.45. The van der Waals surface area contributed by atoms with Gasteiger partial charge in [-0.05, 0) is 65.9 Å². The lowest BCUT2D eigenvalue weighted by molar-refractivity contribution is -0.136. The lowest BCUT2D eigenvalue weighted by Crippen LogP contribution is -2.60. The first-order chi connectivity index (χ1) is 21.3. The molecular weight excluding hydrogens is 573 g/mol. The number of amides is 2. The zero-order valence-corrected chi connectivity index (χ0v) is 25.7. The Hall–Kier alpha value is -4.37. The summed E-state index contributed by atoms with van der Waals surface area (Å²) >= 11 is 1.51. The molecule has 1 heterocycles. The van der Waals surface area contributed by atoms with Crippen LogP contribution in [0.25, 0.3) is 10.8 Å². The maximum absolute atomic E-state index is 14.2. The fourth-order valence-electron chi connectivity index (χ4n) is 5.75. The zero-order chi connectivity index (χ0) is 31.1. The van der Waals surface area contributed by atoms with Gasteiger partial charge in [0.15, 0.2) is 5.96 Å². The van der Waals surface area contributed by atoms with Gasteiger partial charge in [0.05, 0.1) is 12.0 Å². The number of aliphatic imine (C=N–C) groups is 1. The molecule has 7 nitrogen and oxygen atoms in total. The molecule has 1 saturated heterocycles. The van der Waals surface area contributed by atoms with Crippen molar-refractivity contribution >= 4 is 40.3 Å². The number of nitrogens with zero attached hydrogens (tertiary/aromatic N) is 3. The van der Waals surface area contributed by atoms with Crippen LogP contribution in [0.4, 0.5) is 4.39 Å². The van der Waals surface area contributed by atoms with Crippen LogP contribution >= 0.6 is 11.8 Å². The van der Waals surface area contributed by atoms with E-state index in [1.807, 2.05) is 71.3 Å². The predicted octanol–water partition coefficient (Wildman–Crippen LogP) is 5.61. The van der Waals surface area contributed by atoms with Crippen molar-refractivity contribution in [2.24, 2.45) is 16.5 Å². The molecule has 0 radical (unpaired) electrons. The van der Waals surface area contributed by atoms with E-state index in [1.54, 1.807) is 6.07 Å². The summed E-state index contributed by atoms with van der Waals surface area (Å²) in [4.78, 5) is 36.6. The number of carbonyl (C=O) groups is 2. The van der Waals surface area contributed by atoms with E-state index in [0.29, 0.717) is 50.2 Å². The molecule has 5 rings (SSSR count). The van der Waals surface area contributed by atoms with Crippen molar-refractivity contribution in [1.29, 1.82) is 0 Å². The molecule has 2 atom stereocenters. The molecule has 0 spiro atoms. The second-order valence-electron chi connectivity index (χ2n) is 11.2. The average Bonchev–Trinajstić information content (AvgIpc) is 3.02. The molecular formula is C35H38FN5O2S. The van der Waals surface area contributed by atoms with Crippen LogP contribution in [0.3, 0.4) is 0 Å². The van der Waals surface area contributed by atoms with E-state index in [1.165, 1.54) is 23.9 Å². The van der Waals surface area contributed by atoms with Gasteiger partial charge < -0.3 is 21.3 Å². The van der Waals surface area contributed by atoms with Crippen molar-refractivity contribution in [3.63, 3.8) is 0 Å². The van der Waals surface area contributed by atoms with E-state index in [2.05, 4.69) is 23.2 Å². The van der Waals surface area contributed by atoms with E-state index in [4.69, 9.17) is 11.5 Å². The van der Waals surface area contributed by atoms with Crippen molar-refractivity contribution < 1.29 is 14.0 Å². The molecule has 2 amide bonds. The van der Waals surface area contributed by atoms with E-state index in [-0.39, 0.29) is 35.7 Å². The summed E-state index contributed by atoms with van der Waals surface area (Å²) < 4.78 is 13.7. The van der Waals surface area contributed by atoms with Crippen LogP contribution in [-0.2, 0) is 17.0 Å². The Bertz CT molecular complexity index is 1660. The molecule has 4 N–H and O–H groups in total. The van der Waals surface area contributed by atoms with E-state index in [9.17, 15) is 14.0 Å². The number of carbonyl (C=O) groups excluding carboxylic acids is 2. The number of nitrogens with two attached hydrogens (primary N) is 2. The third-order valence-electron chi connectivity index (χ3n) is 7.98. The topological polar surface area (TPSA) is 105 Å². The number of fused-ring (bicyclic) bond motifs is 1. The average molecular weight is 612 g/mol. The Labute approximate surface area is 262 Å². The lowest BCUT2D eigenvalue weighted by atomic mass is 9.99. The van der Waals surface area contributed by atoms with Gasteiger partial charge in [-0.1, -0.05) is 66.7 Å². The van der Waals surface area contributed by atoms with Crippen LogP contribution in [-0.4, -0.2) is 59.3 Å². The van der Waals surface area contributed by atoms with Crippen molar-refractivity contribution in [1.82, 2.24) is 9.80 Å². The second-order valence-corrected chi connectivity index (χ2v) is 12.2. The number of thioether (sulfide) groups is 1. The van der Waals surface area contributed by atoms with Gasteiger partial charge in [-0.2, -0.15) is 0 Å². The first-order valence-electron chi connectivity index (χ1n) is 14.9. The summed E-state index contributed by atoms with van der Waals surface area (Å²) in [5.74, 6) is 0.259. The smallest absolute Gasteiger partial charge is 0.255 e. The van der Waals surface area contributed by atoms with E-state index in [0.717, 1.165) is 26.8 Å². The van der Waals surface area contributed by atoms with Crippen molar-refractivity contribution in [3.8, 4) is 0 Å². The first-order valence-corrected chi connectivity index (χ1v) is 15.9. The van der Waals surface area contributed by atoms with Gasteiger partial charge in [-0.15, -0.1) is 11.8 Å². The summed E-state index contributed by atoms with van der Waals surface area (Å²) in [6.45, 7) is 3.29. The third kappa shape index (κ3) is 7.77. The van der Waals surface area contributed by atoms with Crippen LogP contribution in [0, 0.1) is 5.82 Å². The largest absolute Gasteiger partial charge is 0.370 e. The number of guanidine groups is 1. The molecule has 0 bridgehead atoms. The molecule has 4 aromatic carbocycles. The minimum absolute atomic E-state index is 0.0339. The highest BCUT2D eigenvalue weighted by Gasteiger charge is 2.37. The quantitative estimate of drug-likeness (QED) is 0.105. The van der Waals surface area contributed by atoms with E-state index >= 15 is 0 Å². The fraction of sp³-hybridized carbons (Fsp3) is 0.286. The minimum Gasteiger partial charge on any atom is -0.370 e. The van der Waals surface area contributed by atoms with Gasteiger partial charge in [-0.3, -0.25) is 14.6 Å². The second kappa shape index (κ2) is 14.4. The Balaban J connectivity index is 1.33. The molecule has 0 aliphatic carbocycles. The highest BCUT2D eigenvalue weighted by atomic mass is 32.2. The fourth-order valence-corrected chi connectivity index (χ4v) is 6.74. The van der Waals surface area contributed by atoms with Crippen LogP contribution in [0.5, 0.6) is 0 Å². The van der Waals surface area contributed by atoms with Crippen LogP contribution in [0.1, 0.15) is 41.3 Å². The maximum atomic E-state index is 14.2. The standard InChI is InChI=1S/C35H38FN5O2S/c1-24-21-41(34(43)31-13-4-5-14-32(31)44-23-26-8-6-11-29(36)19-26)30(12-7-17-39-35(37)38)22-40(24)33(42)20-25-15-16-27-9-2-3-10-28(27)18-25/h2-6,8-11,13-16,18-19,24,30H,7,12,17,20-23H2,1H3,(H4,37,38,39)/t24-,30+/m1/s1. The Kier molecular flexibility index (Phi) is 10.2. The normalized spacial score (nSPS) is 16.6. The highest BCUT2D eigenvalue weighted by molar-refractivity contribution is 7.98. The molecule has 0 saturated carbocycles. The number of benzene rings is 4. The molecule has 0 unspecified atom stereocenters. The van der Waals surface area contributed by atoms with Gasteiger partial charge in [0.1, 0.15) is 5.82 Å². The number of piperazine rings is 1. The SMILES string of the molecule is C[C@@H]1CN(C(=O)c2ccccc2SCc2cccc(F)c2)[C@@H](CCCN=C(N)N)CN1C(=O)Cc1ccc2ccccc2c1. The number of halogens is 1. The van der Waals surface area contributed by atoms with Gasteiger partial charge in [0, 0.05) is 42.4 Å². The highest BCUT2D eigenvalue weighted by Crippen LogP contribution is 2.30. The van der Waals surface area contributed by atoms with Crippen LogP contribution in [0.15, 0.2) is 101 Å². The molecule has 1 aliphatic heterocycles. The van der Waals surface area contributed by atoms with E-state index < -0.39 is 0 Å². The van der Waals surface area contributed by atoms with Crippen molar-refractivity contribution in [2.75, 3.05) is 19.6 Å². The summed E-state index contributed by atoms with van der Waals surface area (Å²) in [5, 5.41) is 2.24. The predicted molar refractivity (Wildman–Crippen MR) is 176 cm³/mol. The molecule has 1 fully saturated rings. The first kappa shape index (κ1) is 31.1. The number of rotatable bonds is 10. The molecule has 9 heteroatoms. The van der Waals surface area contributed by atoms with Crippen molar-refractivity contribution in [2.45, 2.75) is 48.9 Å². The third-order valence-corrected chi connectivity index (χ3v) is 9.13. The molecule has 44 heavy (non-hydrogen) atoms.